The number of rotatable bonds is 2. The van der Waals surface area contributed by atoms with Crippen LogP contribution in [-0.2, 0) is 12.8 Å². The molecule has 3 heteroatoms. The summed E-state index contributed by atoms with van der Waals surface area (Å²) in [5.74, 6) is 0.394. The minimum absolute atomic E-state index is 0.394. The maximum absolute atomic E-state index is 5.79. The van der Waals surface area contributed by atoms with Crippen LogP contribution in [0.2, 0.25) is 0 Å². The largest absolute Gasteiger partial charge is 0.375 e. The number of hydrogen-bond donors (Lipinski definition) is 1. The van der Waals surface area contributed by atoms with Gasteiger partial charge in [-0.2, -0.15) is 0 Å². The fraction of sp³-hybridized carbons (Fsp3) is 0.400. The van der Waals surface area contributed by atoms with Crippen molar-refractivity contribution in [2.75, 3.05) is 5.73 Å². The average Bonchev–Trinajstić information content (AvgIpc) is 2.93. The first-order valence-electron chi connectivity index (χ1n) is 6.49. The number of aromatic nitrogens is 1. The number of fused-ring (bicyclic) bond motifs is 1. The SMILES string of the molecule is Cc1nc(N)sc1C(C)c1ccc2c(c1)CCC2. The normalized spacial score (nSPS) is 15.7. The lowest BCUT2D eigenvalue weighted by Gasteiger charge is -2.12. The van der Waals surface area contributed by atoms with Crippen LogP contribution in [0.25, 0.3) is 0 Å². The zero-order valence-corrected chi connectivity index (χ0v) is 11.7. The standard InChI is InChI=1S/C15H18N2S/c1-9(14-10(2)17-15(16)18-14)12-7-6-11-4-3-5-13(11)8-12/h6-9H,3-5H2,1-2H3,(H2,16,17). The van der Waals surface area contributed by atoms with Crippen LogP contribution in [0, 0.1) is 6.92 Å². The number of nitrogens with zero attached hydrogens (tertiary/aromatic N) is 1. The third-order valence-electron chi connectivity index (χ3n) is 3.86. The van der Waals surface area contributed by atoms with Crippen molar-refractivity contribution in [3.63, 3.8) is 0 Å². The molecule has 0 saturated carbocycles. The van der Waals surface area contributed by atoms with E-state index in [1.165, 1.54) is 40.8 Å². The summed E-state index contributed by atoms with van der Waals surface area (Å²) in [6.07, 6.45) is 3.79. The molecule has 1 aliphatic rings. The summed E-state index contributed by atoms with van der Waals surface area (Å²) in [4.78, 5) is 5.62. The smallest absolute Gasteiger partial charge is 0.180 e. The first kappa shape index (κ1) is 11.7. The Morgan fingerprint density at radius 2 is 2.06 bits per heavy atom. The number of nitrogens with two attached hydrogens (primary N) is 1. The lowest BCUT2D eigenvalue weighted by atomic mass is 9.95. The predicted octanol–water partition coefficient (Wildman–Crippen LogP) is 3.67. The van der Waals surface area contributed by atoms with Crippen LogP contribution < -0.4 is 5.73 Å². The number of benzene rings is 1. The Balaban J connectivity index is 1.97. The van der Waals surface area contributed by atoms with Gasteiger partial charge in [-0.05, 0) is 42.9 Å². The Bertz CT molecular complexity index is 586. The van der Waals surface area contributed by atoms with E-state index in [-0.39, 0.29) is 0 Å². The Kier molecular flexibility index (Phi) is 2.86. The second kappa shape index (κ2) is 4.39. The summed E-state index contributed by atoms with van der Waals surface area (Å²) >= 11 is 1.62. The van der Waals surface area contributed by atoms with Crippen LogP contribution in [0.5, 0.6) is 0 Å². The Morgan fingerprint density at radius 1 is 1.28 bits per heavy atom. The van der Waals surface area contributed by atoms with E-state index in [1.54, 1.807) is 11.3 Å². The Labute approximate surface area is 112 Å². The quantitative estimate of drug-likeness (QED) is 0.892. The van der Waals surface area contributed by atoms with E-state index < -0.39 is 0 Å². The third kappa shape index (κ3) is 1.93. The fourth-order valence-electron chi connectivity index (χ4n) is 2.84. The van der Waals surface area contributed by atoms with Crippen LogP contribution in [0.4, 0.5) is 5.13 Å². The van der Waals surface area contributed by atoms with Gasteiger partial charge in [0.25, 0.3) is 0 Å². The summed E-state index contributed by atoms with van der Waals surface area (Å²) in [7, 11) is 0. The van der Waals surface area contributed by atoms with Gasteiger partial charge in [0.2, 0.25) is 0 Å². The summed E-state index contributed by atoms with van der Waals surface area (Å²) < 4.78 is 0. The predicted molar refractivity (Wildman–Crippen MR) is 77.2 cm³/mol. The van der Waals surface area contributed by atoms with E-state index in [0.717, 1.165) is 5.69 Å². The first-order chi connectivity index (χ1) is 8.65. The van der Waals surface area contributed by atoms with Gasteiger partial charge in [0, 0.05) is 10.8 Å². The molecule has 0 amide bonds. The molecular formula is C15H18N2S. The Hall–Kier alpha value is -1.35. The van der Waals surface area contributed by atoms with E-state index in [1.807, 2.05) is 6.92 Å². The van der Waals surface area contributed by atoms with E-state index in [2.05, 4.69) is 30.1 Å². The van der Waals surface area contributed by atoms with Crippen LogP contribution in [0.3, 0.4) is 0 Å². The number of nitrogen functional groups attached to an aromatic ring is 1. The monoisotopic (exact) mass is 258 g/mol. The second-order valence-corrected chi connectivity index (χ2v) is 6.17. The summed E-state index contributed by atoms with van der Waals surface area (Å²) in [5, 5.41) is 0.676. The van der Waals surface area contributed by atoms with Gasteiger partial charge < -0.3 is 5.73 Å². The first-order valence-corrected chi connectivity index (χ1v) is 7.31. The minimum Gasteiger partial charge on any atom is -0.375 e. The lowest BCUT2D eigenvalue weighted by molar-refractivity contribution is 0.907. The molecule has 0 bridgehead atoms. The van der Waals surface area contributed by atoms with Gasteiger partial charge in [0.05, 0.1) is 5.69 Å². The Morgan fingerprint density at radius 3 is 2.78 bits per heavy atom. The number of hydrogen-bond acceptors (Lipinski definition) is 3. The van der Waals surface area contributed by atoms with Crippen molar-refractivity contribution >= 4 is 16.5 Å². The minimum atomic E-state index is 0.394. The molecule has 2 N–H and O–H groups in total. The second-order valence-electron chi connectivity index (χ2n) is 5.11. The zero-order valence-electron chi connectivity index (χ0n) is 10.9. The van der Waals surface area contributed by atoms with Crippen molar-refractivity contribution < 1.29 is 0 Å². The van der Waals surface area contributed by atoms with Crippen LogP contribution >= 0.6 is 11.3 Å². The van der Waals surface area contributed by atoms with E-state index in [4.69, 9.17) is 5.73 Å². The highest BCUT2D eigenvalue weighted by atomic mass is 32.1. The molecule has 1 atom stereocenters. The maximum Gasteiger partial charge on any atom is 0.180 e. The van der Waals surface area contributed by atoms with Crippen molar-refractivity contribution in [2.45, 2.75) is 39.0 Å². The van der Waals surface area contributed by atoms with Crippen molar-refractivity contribution in [3.05, 3.63) is 45.5 Å². The van der Waals surface area contributed by atoms with E-state index in [9.17, 15) is 0 Å². The van der Waals surface area contributed by atoms with Crippen molar-refractivity contribution in [1.82, 2.24) is 4.98 Å². The van der Waals surface area contributed by atoms with Gasteiger partial charge in [0.15, 0.2) is 5.13 Å². The molecule has 0 fully saturated rings. The van der Waals surface area contributed by atoms with Gasteiger partial charge in [0.1, 0.15) is 0 Å². The van der Waals surface area contributed by atoms with Gasteiger partial charge in [-0.25, -0.2) is 4.98 Å². The van der Waals surface area contributed by atoms with Gasteiger partial charge in [-0.15, -0.1) is 11.3 Å². The topological polar surface area (TPSA) is 38.9 Å². The van der Waals surface area contributed by atoms with E-state index >= 15 is 0 Å². The molecule has 1 aliphatic carbocycles. The molecule has 2 nitrogen and oxygen atoms in total. The van der Waals surface area contributed by atoms with Crippen molar-refractivity contribution in [2.24, 2.45) is 0 Å². The summed E-state index contributed by atoms with van der Waals surface area (Å²) in [6.45, 7) is 4.29. The average molecular weight is 258 g/mol. The van der Waals surface area contributed by atoms with Crippen molar-refractivity contribution in [3.8, 4) is 0 Å². The molecule has 3 rings (SSSR count). The molecule has 1 aromatic carbocycles. The molecule has 18 heavy (non-hydrogen) atoms. The molecule has 0 spiro atoms. The molecular weight excluding hydrogens is 240 g/mol. The van der Waals surface area contributed by atoms with Crippen LogP contribution in [0.15, 0.2) is 18.2 Å². The van der Waals surface area contributed by atoms with Gasteiger partial charge >= 0.3 is 0 Å². The van der Waals surface area contributed by atoms with Crippen LogP contribution in [0.1, 0.15) is 46.5 Å². The molecule has 1 aromatic heterocycles. The molecule has 2 aromatic rings. The summed E-state index contributed by atoms with van der Waals surface area (Å²) in [6, 6.07) is 6.94. The molecule has 0 radical (unpaired) electrons. The number of anilines is 1. The highest BCUT2D eigenvalue weighted by Gasteiger charge is 2.18. The third-order valence-corrected chi connectivity index (χ3v) is 5.03. The molecule has 94 valence electrons. The molecule has 1 unspecified atom stereocenters. The zero-order chi connectivity index (χ0) is 12.7. The van der Waals surface area contributed by atoms with Gasteiger partial charge in [-0.1, -0.05) is 25.1 Å². The van der Waals surface area contributed by atoms with Gasteiger partial charge in [-0.3, -0.25) is 0 Å². The summed E-state index contributed by atoms with van der Waals surface area (Å²) in [5.41, 5.74) is 11.3. The maximum atomic E-state index is 5.79. The van der Waals surface area contributed by atoms with Crippen LogP contribution in [-0.4, -0.2) is 4.98 Å². The lowest BCUT2D eigenvalue weighted by Crippen LogP contribution is -1.97. The molecule has 1 heterocycles. The highest BCUT2D eigenvalue weighted by molar-refractivity contribution is 7.15. The highest BCUT2D eigenvalue weighted by Crippen LogP contribution is 2.34. The van der Waals surface area contributed by atoms with Crippen molar-refractivity contribution in [1.29, 1.82) is 0 Å². The molecule has 0 saturated heterocycles. The van der Waals surface area contributed by atoms with E-state index in [0.29, 0.717) is 11.0 Å². The number of thiazole rings is 1. The number of aryl methyl sites for hydroxylation is 3. The molecule has 0 aliphatic heterocycles. The fourth-order valence-corrected chi connectivity index (χ4v) is 3.76.